The smallest absolute Gasteiger partial charge is 0.0648 e. The fraction of sp³-hybridized carbons (Fsp3) is 0.312. The van der Waals surface area contributed by atoms with Crippen LogP contribution in [0.25, 0.3) is 10.9 Å². The lowest BCUT2D eigenvalue weighted by Gasteiger charge is -2.09. The normalized spacial score (nSPS) is 11.3. The Balaban J connectivity index is 2.07. The highest BCUT2D eigenvalue weighted by atomic mass is 15.3. The summed E-state index contributed by atoms with van der Waals surface area (Å²) >= 11 is 0. The molecular formula is C16H19N3. The maximum atomic E-state index is 4.52. The van der Waals surface area contributed by atoms with Crippen LogP contribution in [0.1, 0.15) is 24.0 Å². The second-order valence-electron chi connectivity index (χ2n) is 5.02. The van der Waals surface area contributed by atoms with Gasteiger partial charge in [-0.3, -0.25) is 4.68 Å². The molecule has 0 bridgehead atoms. The molecule has 1 aromatic carbocycles. The van der Waals surface area contributed by atoms with Gasteiger partial charge in [0.1, 0.15) is 0 Å². The molecule has 2 aromatic heterocycles. The van der Waals surface area contributed by atoms with E-state index in [1.54, 1.807) is 0 Å². The van der Waals surface area contributed by atoms with E-state index >= 15 is 0 Å². The van der Waals surface area contributed by atoms with E-state index in [1.165, 1.54) is 22.3 Å². The quantitative estimate of drug-likeness (QED) is 0.700. The zero-order valence-electron chi connectivity index (χ0n) is 11.7. The monoisotopic (exact) mass is 253 g/mol. The molecule has 0 amide bonds. The molecule has 0 atom stereocenters. The summed E-state index contributed by atoms with van der Waals surface area (Å²) in [6, 6.07) is 13.0. The van der Waals surface area contributed by atoms with Crippen molar-refractivity contribution in [1.82, 2.24) is 14.3 Å². The van der Waals surface area contributed by atoms with Crippen LogP contribution in [-0.2, 0) is 13.1 Å². The number of para-hydroxylation sites is 1. The van der Waals surface area contributed by atoms with E-state index in [0.717, 1.165) is 18.8 Å². The summed E-state index contributed by atoms with van der Waals surface area (Å²) < 4.78 is 4.45. The van der Waals surface area contributed by atoms with Crippen molar-refractivity contribution >= 4 is 10.9 Å². The summed E-state index contributed by atoms with van der Waals surface area (Å²) in [6.07, 6.45) is 0. The van der Waals surface area contributed by atoms with Crippen LogP contribution in [0.15, 0.2) is 36.4 Å². The Kier molecular flexibility index (Phi) is 2.90. The average molecular weight is 253 g/mol. The lowest BCUT2D eigenvalue weighted by atomic mass is 10.2. The number of rotatable bonds is 3. The molecule has 0 aliphatic carbocycles. The lowest BCUT2D eigenvalue weighted by Crippen LogP contribution is -2.08. The van der Waals surface area contributed by atoms with E-state index in [-0.39, 0.29) is 0 Å². The van der Waals surface area contributed by atoms with Gasteiger partial charge in [-0.15, -0.1) is 0 Å². The van der Waals surface area contributed by atoms with E-state index < -0.39 is 0 Å². The van der Waals surface area contributed by atoms with Crippen LogP contribution in [0.4, 0.5) is 0 Å². The van der Waals surface area contributed by atoms with Gasteiger partial charge in [0, 0.05) is 17.8 Å². The molecule has 19 heavy (non-hydrogen) atoms. The van der Waals surface area contributed by atoms with Crippen molar-refractivity contribution in [3.8, 4) is 0 Å². The van der Waals surface area contributed by atoms with Gasteiger partial charge in [-0.05, 0) is 44.4 Å². The first-order valence-corrected chi connectivity index (χ1v) is 6.77. The maximum Gasteiger partial charge on any atom is 0.0648 e. The van der Waals surface area contributed by atoms with Gasteiger partial charge in [0.05, 0.1) is 17.9 Å². The third kappa shape index (κ3) is 2.05. The Bertz CT molecular complexity index is 719. The second kappa shape index (κ2) is 4.57. The predicted octanol–water partition coefficient (Wildman–Crippen LogP) is 3.52. The Morgan fingerprint density at radius 2 is 1.89 bits per heavy atom. The molecule has 3 heteroatoms. The lowest BCUT2D eigenvalue weighted by molar-refractivity contribution is 0.599. The zero-order valence-corrected chi connectivity index (χ0v) is 11.7. The van der Waals surface area contributed by atoms with Gasteiger partial charge in [-0.1, -0.05) is 18.2 Å². The highest BCUT2D eigenvalue weighted by Crippen LogP contribution is 2.20. The van der Waals surface area contributed by atoms with Crippen molar-refractivity contribution < 1.29 is 0 Å². The van der Waals surface area contributed by atoms with Crippen molar-refractivity contribution in [2.75, 3.05) is 0 Å². The van der Waals surface area contributed by atoms with Crippen molar-refractivity contribution in [1.29, 1.82) is 0 Å². The Morgan fingerprint density at radius 3 is 2.68 bits per heavy atom. The predicted molar refractivity (Wildman–Crippen MR) is 78.4 cm³/mol. The van der Waals surface area contributed by atoms with Crippen molar-refractivity contribution in [2.24, 2.45) is 0 Å². The van der Waals surface area contributed by atoms with Gasteiger partial charge >= 0.3 is 0 Å². The molecule has 0 saturated carbocycles. The first-order chi connectivity index (χ1) is 9.19. The molecule has 0 saturated heterocycles. The van der Waals surface area contributed by atoms with Gasteiger partial charge in [0.25, 0.3) is 0 Å². The molecule has 0 aliphatic rings. The first-order valence-electron chi connectivity index (χ1n) is 6.77. The minimum Gasteiger partial charge on any atom is -0.339 e. The molecular weight excluding hydrogens is 234 g/mol. The molecule has 0 fully saturated rings. The summed E-state index contributed by atoms with van der Waals surface area (Å²) in [5, 5.41) is 5.83. The number of aromatic nitrogens is 3. The van der Waals surface area contributed by atoms with Crippen LogP contribution in [0.5, 0.6) is 0 Å². The van der Waals surface area contributed by atoms with Gasteiger partial charge in [-0.25, -0.2) is 0 Å². The Labute approximate surface area is 113 Å². The number of hydrogen-bond donors (Lipinski definition) is 0. The number of aryl methyl sites for hydroxylation is 3. The molecule has 98 valence electrons. The minimum atomic E-state index is 0.883. The highest BCUT2D eigenvalue weighted by molar-refractivity contribution is 5.81. The molecule has 3 aromatic rings. The molecule has 0 spiro atoms. The molecule has 3 nitrogen and oxygen atoms in total. The number of nitrogens with zero attached hydrogens (tertiary/aromatic N) is 3. The number of fused-ring (bicyclic) bond motifs is 1. The van der Waals surface area contributed by atoms with E-state index in [0.29, 0.717) is 0 Å². The Hall–Kier alpha value is -2.03. The SMILES string of the molecule is CCn1nc(C)cc1Cn1c(C)cc2ccccc21. The minimum absolute atomic E-state index is 0.883. The summed E-state index contributed by atoms with van der Waals surface area (Å²) in [5.41, 5.74) is 4.94. The fourth-order valence-corrected chi connectivity index (χ4v) is 2.72. The number of benzene rings is 1. The largest absolute Gasteiger partial charge is 0.339 e. The van der Waals surface area contributed by atoms with Gasteiger partial charge in [0.15, 0.2) is 0 Å². The van der Waals surface area contributed by atoms with E-state index in [1.807, 2.05) is 0 Å². The van der Waals surface area contributed by atoms with Gasteiger partial charge in [-0.2, -0.15) is 5.10 Å². The number of hydrogen-bond acceptors (Lipinski definition) is 1. The van der Waals surface area contributed by atoms with Crippen molar-refractivity contribution in [3.05, 3.63) is 53.5 Å². The first kappa shape index (κ1) is 12.0. The van der Waals surface area contributed by atoms with Crippen LogP contribution >= 0.6 is 0 Å². The third-order valence-corrected chi connectivity index (χ3v) is 3.62. The van der Waals surface area contributed by atoms with Crippen LogP contribution in [0, 0.1) is 13.8 Å². The fourth-order valence-electron chi connectivity index (χ4n) is 2.72. The van der Waals surface area contributed by atoms with Crippen LogP contribution in [0.3, 0.4) is 0 Å². The van der Waals surface area contributed by atoms with Crippen LogP contribution < -0.4 is 0 Å². The molecule has 0 unspecified atom stereocenters. The summed E-state index contributed by atoms with van der Waals surface area (Å²) in [5.74, 6) is 0. The van der Waals surface area contributed by atoms with Crippen molar-refractivity contribution in [2.45, 2.75) is 33.9 Å². The summed E-state index contributed by atoms with van der Waals surface area (Å²) in [7, 11) is 0. The molecule has 0 aliphatic heterocycles. The third-order valence-electron chi connectivity index (χ3n) is 3.62. The van der Waals surface area contributed by atoms with Gasteiger partial charge in [0.2, 0.25) is 0 Å². The maximum absolute atomic E-state index is 4.52. The van der Waals surface area contributed by atoms with Crippen molar-refractivity contribution in [3.63, 3.8) is 0 Å². The molecule has 3 rings (SSSR count). The average Bonchev–Trinajstić information content (AvgIpc) is 2.91. The van der Waals surface area contributed by atoms with Crippen LogP contribution in [-0.4, -0.2) is 14.3 Å². The molecule has 0 radical (unpaired) electrons. The van der Waals surface area contributed by atoms with E-state index in [2.05, 4.69) is 71.5 Å². The molecule has 0 N–H and O–H groups in total. The Morgan fingerprint density at radius 1 is 1.11 bits per heavy atom. The van der Waals surface area contributed by atoms with E-state index in [4.69, 9.17) is 0 Å². The topological polar surface area (TPSA) is 22.8 Å². The highest BCUT2D eigenvalue weighted by Gasteiger charge is 2.09. The van der Waals surface area contributed by atoms with Gasteiger partial charge < -0.3 is 4.57 Å². The molecule has 2 heterocycles. The van der Waals surface area contributed by atoms with Crippen LogP contribution in [0.2, 0.25) is 0 Å². The zero-order chi connectivity index (χ0) is 13.4. The summed E-state index contributed by atoms with van der Waals surface area (Å²) in [6.45, 7) is 8.15. The second-order valence-corrected chi connectivity index (χ2v) is 5.02. The standard InChI is InChI=1S/C16H19N3/c1-4-19-15(9-12(2)17-19)11-18-13(3)10-14-7-5-6-8-16(14)18/h5-10H,4,11H2,1-3H3. The summed E-state index contributed by atoms with van der Waals surface area (Å²) in [4.78, 5) is 0. The van der Waals surface area contributed by atoms with E-state index in [9.17, 15) is 0 Å².